The maximum atomic E-state index is 12.1. The van der Waals surface area contributed by atoms with Crippen molar-refractivity contribution < 1.29 is 9.53 Å². The molecule has 1 amide bonds. The molecule has 7 nitrogen and oxygen atoms in total. The zero-order valence-electron chi connectivity index (χ0n) is 15.6. The van der Waals surface area contributed by atoms with E-state index in [1.807, 2.05) is 13.0 Å². The van der Waals surface area contributed by atoms with Crippen LogP contribution >= 0.6 is 0 Å². The van der Waals surface area contributed by atoms with Crippen molar-refractivity contribution in [3.05, 3.63) is 41.6 Å². The van der Waals surface area contributed by atoms with Crippen molar-refractivity contribution in [2.45, 2.75) is 26.7 Å². The lowest BCUT2D eigenvalue weighted by Crippen LogP contribution is -2.35. The van der Waals surface area contributed by atoms with Gasteiger partial charge in [0.15, 0.2) is 6.61 Å². The second-order valence-corrected chi connectivity index (χ2v) is 6.87. The summed E-state index contributed by atoms with van der Waals surface area (Å²) < 4.78 is 5.58. The van der Waals surface area contributed by atoms with Crippen molar-refractivity contribution in [2.75, 3.05) is 29.9 Å². The number of aryl methyl sites for hydroxylation is 1. The van der Waals surface area contributed by atoms with E-state index >= 15 is 0 Å². The number of piperidine rings is 1. The first-order valence-electron chi connectivity index (χ1n) is 9.07. The summed E-state index contributed by atoms with van der Waals surface area (Å²) in [6.45, 7) is 5.81. The smallest absolute Gasteiger partial charge is 0.262 e. The Balaban J connectivity index is 1.61. The highest BCUT2D eigenvalue weighted by molar-refractivity contribution is 5.92. The highest BCUT2D eigenvalue weighted by Crippen LogP contribution is 2.22. The van der Waals surface area contributed by atoms with Crippen molar-refractivity contribution in [2.24, 2.45) is 5.92 Å². The van der Waals surface area contributed by atoms with Crippen molar-refractivity contribution in [3.63, 3.8) is 0 Å². The number of nitriles is 1. The third-order valence-corrected chi connectivity index (χ3v) is 4.39. The van der Waals surface area contributed by atoms with Gasteiger partial charge in [-0.3, -0.25) is 4.79 Å². The molecule has 3 rings (SSSR count). The number of anilines is 2. The maximum absolute atomic E-state index is 12.1. The van der Waals surface area contributed by atoms with Gasteiger partial charge in [0.25, 0.3) is 5.91 Å². The van der Waals surface area contributed by atoms with Crippen LogP contribution in [-0.4, -0.2) is 35.6 Å². The molecule has 1 saturated heterocycles. The minimum atomic E-state index is -0.311. The van der Waals surface area contributed by atoms with Crippen LogP contribution in [-0.2, 0) is 4.79 Å². The molecule has 1 aromatic carbocycles. The van der Waals surface area contributed by atoms with Gasteiger partial charge in [-0.05, 0) is 43.9 Å². The lowest BCUT2D eigenvalue weighted by molar-refractivity contribution is -0.118. The number of nitrogens with one attached hydrogen (secondary N) is 1. The van der Waals surface area contributed by atoms with Crippen LogP contribution in [0.4, 0.5) is 11.6 Å². The molecule has 1 unspecified atom stereocenters. The van der Waals surface area contributed by atoms with Crippen LogP contribution in [0, 0.1) is 24.2 Å². The second-order valence-electron chi connectivity index (χ2n) is 6.87. The number of hydrogen-bond acceptors (Lipinski definition) is 6. The van der Waals surface area contributed by atoms with Crippen LogP contribution in [0.15, 0.2) is 30.3 Å². The van der Waals surface area contributed by atoms with E-state index < -0.39 is 0 Å². The quantitative estimate of drug-likeness (QED) is 0.876. The van der Waals surface area contributed by atoms with Gasteiger partial charge < -0.3 is 15.0 Å². The Morgan fingerprint density at radius 3 is 3.04 bits per heavy atom. The third kappa shape index (κ3) is 5.17. The Bertz CT molecular complexity index is 862. The first-order valence-corrected chi connectivity index (χ1v) is 9.07. The van der Waals surface area contributed by atoms with E-state index in [0.717, 1.165) is 25.2 Å². The minimum absolute atomic E-state index is 0.164. The Morgan fingerprint density at radius 1 is 1.41 bits per heavy atom. The number of hydrogen-bond donors (Lipinski definition) is 1. The van der Waals surface area contributed by atoms with E-state index in [0.29, 0.717) is 29.0 Å². The largest absolute Gasteiger partial charge is 0.467 e. The summed E-state index contributed by atoms with van der Waals surface area (Å²) in [5.74, 6) is 1.34. The molecule has 0 spiro atoms. The van der Waals surface area contributed by atoms with Crippen molar-refractivity contribution in [1.82, 2.24) is 9.97 Å². The number of nitrogens with zero attached hydrogens (tertiary/aromatic N) is 4. The van der Waals surface area contributed by atoms with Gasteiger partial charge in [-0.25, -0.2) is 4.98 Å². The lowest BCUT2D eigenvalue weighted by atomic mass is 10.0. The third-order valence-electron chi connectivity index (χ3n) is 4.39. The Morgan fingerprint density at radius 2 is 2.26 bits per heavy atom. The van der Waals surface area contributed by atoms with Crippen molar-refractivity contribution >= 4 is 17.5 Å². The molecule has 1 N–H and O–H groups in total. The summed E-state index contributed by atoms with van der Waals surface area (Å²) in [5, 5.41) is 11.6. The normalized spacial score (nSPS) is 16.5. The first-order chi connectivity index (χ1) is 13.0. The average Bonchev–Trinajstić information content (AvgIpc) is 2.66. The van der Waals surface area contributed by atoms with Crippen molar-refractivity contribution in [3.8, 4) is 11.9 Å². The molecule has 1 aliphatic heterocycles. The standard InChI is InChI=1S/C20H23N5O2/c1-14-5-4-8-25(12-14)20-22-15(2)9-19(24-20)27-13-18(26)23-17-7-3-6-16(10-17)11-21/h3,6-7,9-10,14H,4-5,8,12-13H2,1-2H3,(H,23,26). The van der Waals surface area contributed by atoms with Gasteiger partial charge in [0.1, 0.15) is 0 Å². The lowest BCUT2D eigenvalue weighted by Gasteiger charge is -2.31. The molecule has 1 fully saturated rings. The summed E-state index contributed by atoms with van der Waals surface area (Å²) in [6.07, 6.45) is 2.34. The molecule has 2 aromatic rings. The molecular formula is C20H23N5O2. The molecule has 0 bridgehead atoms. The van der Waals surface area contributed by atoms with E-state index in [1.165, 1.54) is 6.42 Å². The topological polar surface area (TPSA) is 91.1 Å². The molecule has 0 saturated carbocycles. The number of carbonyl (C=O) groups excluding carboxylic acids is 1. The van der Waals surface area contributed by atoms with Crippen LogP contribution in [0.5, 0.6) is 5.88 Å². The summed E-state index contributed by atoms with van der Waals surface area (Å²) in [4.78, 5) is 23.3. The van der Waals surface area contributed by atoms with Crippen LogP contribution in [0.2, 0.25) is 0 Å². The fourth-order valence-electron chi connectivity index (χ4n) is 3.11. The average molecular weight is 365 g/mol. The fourth-order valence-corrected chi connectivity index (χ4v) is 3.11. The van der Waals surface area contributed by atoms with Gasteiger partial charge in [0.2, 0.25) is 11.8 Å². The Labute approximate surface area is 159 Å². The van der Waals surface area contributed by atoms with Gasteiger partial charge in [0.05, 0.1) is 11.6 Å². The van der Waals surface area contributed by atoms with Gasteiger partial charge in [-0.2, -0.15) is 10.2 Å². The summed E-state index contributed by atoms with van der Waals surface area (Å²) >= 11 is 0. The van der Waals surface area contributed by atoms with Gasteiger partial charge in [-0.15, -0.1) is 0 Å². The maximum Gasteiger partial charge on any atom is 0.262 e. The van der Waals surface area contributed by atoms with E-state index in [9.17, 15) is 4.79 Å². The number of carbonyl (C=O) groups is 1. The molecule has 0 radical (unpaired) electrons. The SMILES string of the molecule is Cc1cc(OCC(=O)Nc2cccc(C#N)c2)nc(N2CCCC(C)C2)n1. The molecule has 140 valence electrons. The molecule has 2 heterocycles. The number of aromatic nitrogens is 2. The van der Waals surface area contributed by atoms with Crippen LogP contribution in [0.25, 0.3) is 0 Å². The predicted molar refractivity (Wildman–Crippen MR) is 103 cm³/mol. The van der Waals surface area contributed by atoms with E-state index in [1.54, 1.807) is 30.3 Å². The van der Waals surface area contributed by atoms with Crippen LogP contribution in [0.1, 0.15) is 31.0 Å². The zero-order chi connectivity index (χ0) is 19.2. The molecule has 27 heavy (non-hydrogen) atoms. The van der Waals surface area contributed by atoms with Gasteiger partial charge in [0, 0.05) is 30.5 Å². The summed E-state index contributed by atoms with van der Waals surface area (Å²) in [5.41, 5.74) is 1.85. The molecule has 7 heteroatoms. The fraction of sp³-hybridized carbons (Fsp3) is 0.400. The number of rotatable bonds is 5. The number of benzene rings is 1. The molecule has 0 aliphatic carbocycles. The highest BCUT2D eigenvalue weighted by atomic mass is 16.5. The van der Waals surface area contributed by atoms with Crippen LogP contribution in [0.3, 0.4) is 0 Å². The summed E-state index contributed by atoms with van der Waals surface area (Å²) in [6, 6.07) is 10.5. The Kier molecular flexibility index (Phi) is 5.87. The zero-order valence-corrected chi connectivity index (χ0v) is 15.6. The minimum Gasteiger partial charge on any atom is -0.467 e. The van der Waals surface area contributed by atoms with E-state index in [-0.39, 0.29) is 12.5 Å². The second kappa shape index (κ2) is 8.49. The monoisotopic (exact) mass is 365 g/mol. The molecule has 1 aliphatic rings. The number of amides is 1. The highest BCUT2D eigenvalue weighted by Gasteiger charge is 2.19. The first kappa shape index (κ1) is 18.6. The van der Waals surface area contributed by atoms with E-state index in [2.05, 4.69) is 27.1 Å². The van der Waals surface area contributed by atoms with Gasteiger partial charge >= 0.3 is 0 Å². The molecule has 1 atom stereocenters. The molecule has 1 aromatic heterocycles. The summed E-state index contributed by atoms with van der Waals surface area (Å²) in [7, 11) is 0. The van der Waals surface area contributed by atoms with E-state index in [4.69, 9.17) is 10.00 Å². The van der Waals surface area contributed by atoms with Gasteiger partial charge in [-0.1, -0.05) is 13.0 Å². The van der Waals surface area contributed by atoms with Crippen molar-refractivity contribution in [1.29, 1.82) is 5.26 Å². The van der Waals surface area contributed by atoms with Crippen LogP contribution < -0.4 is 15.0 Å². The number of ether oxygens (including phenoxy) is 1. The molecular weight excluding hydrogens is 342 g/mol. The predicted octanol–water partition coefficient (Wildman–Crippen LogP) is 2.91. The Hall–Kier alpha value is -3.14.